The monoisotopic (exact) mass is 311 g/mol. The lowest BCUT2D eigenvalue weighted by Crippen LogP contribution is -2.51. The van der Waals surface area contributed by atoms with E-state index in [2.05, 4.69) is 10.3 Å². The van der Waals surface area contributed by atoms with Gasteiger partial charge in [-0.05, 0) is 43.2 Å². The van der Waals surface area contributed by atoms with E-state index in [1.807, 2.05) is 12.1 Å². The van der Waals surface area contributed by atoms with E-state index < -0.39 is 0 Å². The SMILES string of the molecule is NCC1(NC(=O)c2cccc(Oc3ccncc3)c2)CCCC1. The van der Waals surface area contributed by atoms with E-state index in [4.69, 9.17) is 10.5 Å². The second-order valence-electron chi connectivity index (χ2n) is 5.96. The highest BCUT2D eigenvalue weighted by Crippen LogP contribution is 2.29. The van der Waals surface area contributed by atoms with Gasteiger partial charge in [-0.2, -0.15) is 0 Å². The molecule has 5 nitrogen and oxygen atoms in total. The maximum atomic E-state index is 12.5. The minimum Gasteiger partial charge on any atom is -0.457 e. The van der Waals surface area contributed by atoms with Crippen LogP contribution in [0.2, 0.25) is 0 Å². The molecule has 1 aromatic heterocycles. The fraction of sp³-hybridized carbons (Fsp3) is 0.333. The molecule has 3 N–H and O–H groups in total. The zero-order chi connectivity index (χ0) is 16.1. The minimum absolute atomic E-state index is 0.0995. The summed E-state index contributed by atoms with van der Waals surface area (Å²) < 4.78 is 5.75. The largest absolute Gasteiger partial charge is 0.457 e. The Bertz CT molecular complexity index is 667. The number of nitrogens with one attached hydrogen (secondary N) is 1. The van der Waals surface area contributed by atoms with E-state index in [1.54, 1.807) is 36.7 Å². The molecule has 0 radical (unpaired) electrons. The topological polar surface area (TPSA) is 77.2 Å². The number of rotatable bonds is 5. The quantitative estimate of drug-likeness (QED) is 0.890. The van der Waals surface area contributed by atoms with Crippen molar-refractivity contribution in [2.24, 2.45) is 5.73 Å². The summed E-state index contributed by atoms with van der Waals surface area (Å²) in [4.78, 5) is 16.5. The number of carbonyl (C=O) groups excluding carboxylic acids is 1. The fourth-order valence-electron chi connectivity index (χ4n) is 2.99. The first-order valence-corrected chi connectivity index (χ1v) is 7.91. The molecule has 0 aliphatic heterocycles. The van der Waals surface area contributed by atoms with Crippen molar-refractivity contribution in [3.8, 4) is 11.5 Å². The molecule has 2 aromatic rings. The summed E-state index contributed by atoms with van der Waals surface area (Å²) in [5.41, 5.74) is 6.21. The van der Waals surface area contributed by atoms with Gasteiger partial charge in [-0.1, -0.05) is 18.9 Å². The van der Waals surface area contributed by atoms with Gasteiger partial charge < -0.3 is 15.8 Å². The van der Waals surface area contributed by atoms with Gasteiger partial charge in [0.05, 0.1) is 5.54 Å². The van der Waals surface area contributed by atoms with Crippen LogP contribution >= 0.6 is 0 Å². The van der Waals surface area contributed by atoms with Crippen LogP contribution in [0.15, 0.2) is 48.8 Å². The summed E-state index contributed by atoms with van der Waals surface area (Å²) >= 11 is 0. The van der Waals surface area contributed by atoms with Crippen LogP contribution in [-0.2, 0) is 0 Å². The van der Waals surface area contributed by atoms with E-state index in [1.165, 1.54) is 0 Å². The molecular formula is C18H21N3O2. The lowest BCUT2D eigenvalue weighted by Gasteiger charge is -2.28. The first-order valence-electron chi connectivity index (χ1n) is 7.91. The Balaban J connectivity index is 1.73. The Hall–Kier alpha value is -2.40. The van der Waals surface area contributed by atoms with Crippen LogP contribution in [0.25, 0.3) is 0 Å². The highest BCUT2D eigenvalue weighted by Gasteiger charge is 2.34. The number of pyridine rings is 1. The maximum absolute atomic E-state index is 12.5. The zero-order valence-corrected chi connectivity index (χ0v) is 13.0. The molecule has 0 bridgehead atoms. The third kappa shape index (κ3) is 3.68. The van der Waals surface area contributed by atoms with Crippen LogP contribution in [0.1, 0.15) is 36.0 Å². The Labute approximate surface area is 135 Å². The molecule has 0 unspecified atom stereocenters. The van der Waals surface area contributed by atoms with Gasteiger partial charge in [0.15, 0.2) is 0 Å². The number of nitrogens with two attached hydrogens (primary N) is 1. The Kier molecular flexibility index (Phi) is 4.57. The number of nitrogens with zero attached hydrogens (tertiary/aromatic N) is 1. The Morgan fingerprint density at radius 3 is 2.61 bits per heavy atom. The predicted molar refractivity (Wildman–Crippen MR) is 88.5 cm³/mol. The number of benzene rings is 1. The molecule has 0 atom stereocenters. The van der Waals surface area contributed by atoms with E-state index >= 15 is 0 Å². The van der Waals surface area contributed by atoms with E-state index in [0.717, 1.165) is 25.7 Å². The van der Waals surface area contributed by atoms with Gasteiger partial charge in [-0.25, -0.2) is 0 Å². The van der Waals surface area contributed by atoms with Crippen molar-refractivity contribution >= 4 is 5.91 Å². The zero-order valence-electron chi connectivity index (χ0n) is 13.0. The molecule has 3 rings (SSSR count). The number of carbonyl (C=O) groups is 1. The lowest BCUT2D eigenvalue weighted by atomic mass is 9.97. The van der Waals surface area contributed by atoms with E-state index in [0.29, 0.717) is 23.6 Å². The number of aromatic nitrogens is 1. The van der Waals surface area contributed by atoms with Crippen LogP contribution in [0.5, 0.6) is 11.5 Å². The molecule has 5 heteroatoms. The van der Waals surface area contributed by atoms with Crippen molar-refractivity contribution in [2.75, 3.05) is 6.54 Å². The standard InChI is InChI=1S/C18H21N3O2/c19-13-18(8-1-2-9-18)21-17(22)14-4-3-5-16(12-14)23-15-6-10-20-11-7-15/h3-7,10-12H,1-2,8-9,13,19H2,(H,21,22). The second kappa shape index (κ2) is 6.79. The van der Waals surface area contributed by atoms with Crippen LogP contribution in [0.4, 0.5) is 0 Å². The average molecular weight is 311 g/mol. The third-order valence-corrected chi connectivity index (χ3v) is 4.31. The number of hydrogen-bond donors (Lipinski definition) is 2. The molecule has 1 aliphatic rings. The third-order valence-electron chi connectivity index (χ3n) is 4.31. The van der Waals surface area contributed by atoms with Crippen LogP contribution in [0, 0.1) is 0 Å². The summed E-state index contributed by atoms with van der Waals surface area (Å²) in [7, 11) is 0. The van der Waals surface area contributed by atoms with Gasteiger partial charge in [0.25, 0.3) is 5.91 Å². The molecule has 1 heterocycles. The summed E-state index contributed by atoms with van der Waals surface area (Å²) in [5, 5.41) is 3.12. The fourth-order valence-corrected chi connectivity index (χ4v) is 2.99. The van der Waals surface area contributed by atoms with Crippen molar-refractivity contribution in [1.29, 1.82) is 0 Å². The van der Waals surface area contributed by atoms with Crippen molar-refractivity contribution in [1.82, 2.24) is 10.3 Å². The Morgan fingerprint density at radius 2 is 1.91 bits per heavy atom. The number of hydrogen-bond acceptors (Lipinski definition) is 4. The van der Waals surface area contributed by atoms with Crippen molar-refractivity contribution in [2.45, 2.75) is 31.2 Å². The van der Waals surface area contributed by atoms with E-state index in [-0.39, 0.29) is 11.4 Å². The number of ether oxygens (including phenoxy) is 1. The molecular weight excluding hydrogens is 290 g/mol. The summed E-state index contributed by atoms with van der Waals surface area (Å²) in [6.07, 6.45) is 7.45. The van der Waals surface area contributed by atoms with Gasteiger partial charge >= 0.3 is 0 Å². The lowest BCUT2D eigenvalue weighted by molar-refractivity contribution is 0.0903. The molecule has 1 amide bonds. The van der Waals surface area contributed by atoms with Gasteiger partial charge in [-0.15, -0.1) is 0 Å². The van der Waals surface area contributed by atoms with Gasteiger partial charge in [0.1, 0.15) is 11.5 Å². The Morgan fingerprint density at radius 1 is 1.17 bits per heavy atom. The molecule has 1 aliphatic carbocycles. The molecule has 23 heavy (non-hydrogen) atoms. The summed E-state index contributed by atoms with van der Waals surface area (Å²) in [6.45, 7) is 0.478. The highest BCUT2D eigenvalue weighted by atomic mass is 16.5. The second-order valence-corrected chi connectivity index (χ2v) is 5.96. The van der Waals surface area contributed by atoms with Crippen molar-refractivity contribution in [3.05, 3.63) is 54.4 Å². The summed E-state index contributed by atoms with van der Waals surface area (Å²) in [6, 6.07) is 10.7. The molecule has 0 saturated heterocycles. The molecule has 1 saturated carbocycles. The highest BCUT2D eigenvalue weighted by molar-refractivity contribution is 5.95. The summed E-state index contributed by atoms with van der Waals surface area (Å²) in [5.74, 6) is 1.21. The first-order chi connectivity index (χ1) is 11.2. The first kappa shape index (κ1) is 15.5. The molecule has 120 valence electrons. The van der Waals surface area contributed by atoms with Crippen LogP contribution in [-0.4, -0.2) is 23.0 Å². The molecule has 1 aromatic carbocycles. The van der Waals surface area contributed by atoms with Crippen LogP contribution < -0.4 is 15.8 Å². The van der Waals surface area contributed by atoms with E-state index in [9.17, 15) is 4.79 Å². The van der Waals surface area contributed by atoms with Crippen LogP contribution in [0.3, 0.4) is 0 Å². The smallest absolute Gasteiger partial charge is 0.251 e. The van der Waals surface area contributed by atoms with Gasteiger partial charge in [0.2, 0.25) is 0 Å². The normalized spacial score (nSPS) is 16.0. The van der Waals surface area contributed by atoms with Gasteiger partial charge in [0, 0.05) is 24.5 Å². The maximum Gasteiger partial charge on any atom is 0.251 e. The van der Waals surface area contributed by atoms with Crippen molar-refractivity contribution < 1.29 is 9.53 Å². The predicted octanol–water partition coefficient (Wildman–Crippen LogP) is 2.88. The van der Waals surface area contributed by atoms with Crippen molar-refractivity contribution in [3.63, 3.8) is 0 Å². The molecule has 1 fully saturated rings. The average Bonchev–Trinajstić information content (AvgIpc) is 3.05. The van der Waals surface area contributed by atoms with Gasteiger partial charge in [-0.3, -0.25) is 9.78 Å². The number of amides is 1. The molecule has 0 spiro atoms. The minimum atomic E-state index is -0.251.